The molecule has 0 unspecified atom stereocenters. The molecule has 9 heteroatoms. The maximum atomic E-state index is 11.9. The third kappa shape index (κ3) is 3.55. The first kappa shape index (κ1) is 16.3. The predicted octanol–water partition coefficient (Wildman–Crippen LogP) is 3.32. The molecule has 0 saturated carbocycles. The van der Waals surface area contributed by atoms with Crippen LogP contribution in [0.3, 0.4) is 0 Å². The summed E-state index contributed by atoms with van der Waals surface area (Å²) in [5.74, 6) is -1.11. The number of aromatic nitrogens is 2. The molecule has 0 aliphatic rings. The molecule has 0 aliphatic heterocycles. The summed E-state index contributed by atoms with van der Waals surface area (Å²) in [6, 6.07) is 5.97. The van der Waals surface area contributed by atoms with Gasteiger partial charge in [0.15, 0.2) is 5.69 Å². The van der Waals surface area contributed by atoms with Crippen molar-refractivity contribution in [1.82, 2.24) is 9.78 Å². The van der Waals surface area contributed by atoms with Gasteiger partial charge in [0.1, 0.15) is 0 Å². The quantitative estimate of drug-likeness (QED) is 0.472. The highest BCUT2D eigenvalue weighted by atomic mass is 35.5. The van der Waals surface area contributed by atoms with Crippen molar-refractivity contribution in [2.24, 2.45) is 0 Å². The van der Waals surface area contributed by atoms with Crippen molar-refractivity contribution in [2.75, 3.05) is 6.61 Å². The number of rotatable bonds is 5. The molecule has 22 heavy (non-hydrogen) atoms. The first-order valence-electron chi connectivity index (χ1n) is 6.25. The lowest BCUT2D eigenvalue weighted by Crippen LogP contribution is -2.14. The Morgan fingerprint density at radius 1 is 1.36 bits per heavy atom. The lowest BCUT2D eigenvalue weighted by Gasteiger charge is -2.04. The van der Waals surface area contributed by atoms with Gasteiger partial charge in [0.2, 0.25) is 0 Å². The molecular formula is C13H11Cl2N3O4. The number of ether oxygens (including phenoxy) is 1. The number of hydrogen-bond donors (Lipinski definition) is 0. The van der Waals surface area contributed by atoms with Gasteiger partial charge in [-0.3, -0.25) is 0 Å². The van der Waals surface area contributed by atoms with E-state index in [0.29, 0.717) is 15.6 Å². The van der Waals surface area contributed by atoms with E-state index in [-0.39, 0.29) is 18.8 Å². The van der Waals surface area contributed by atoms with Crippen LogP contribution in [0.15, 0.2) is 24.3 Å². The van der Waals surface area contributed by atoms with Crippen molar-refractivity contribution in [3.05, 3.63) is 55.7 Å². The van der Waals surface area contributed by atoms with E-state index in [4.69, 9.17) is 27.9 Å². The van der Waals surface area contributed by atoms with E-state index in [1.165, 1.54) is 4.68 Å². The fourth-order valence-electron chi connectivity index (χ4n) is 1.79. The molecule has 0 atom stereocenters. The Labute approximate surface area is 135 Å². The minimum absolute atomic E-state index is 0.000350. The van der Waals surface area contributed by atoms with Crippen molar-refractivity contribution < 1.29 is 14.5 Å². The summed E-state index contributed by atoms with van der Waals surface area (Å²) in [7, 11) is 0. The maximum Gasteiger partial charge on any atom is 0.390 e. The van der Waals surface area contributed by atoms with E-state index < -0.39 is 16.7 Å². The maximum absolute atomic E-state index is 11.9. The smallest absolute Gasteiger partial charge is 0.390 e. The van der Waals surface area contributed by atoms with E-state index in [1.54, 1.807) is 25.1 Å². The molecule has 0 N–H and O–H groups in total. The van der Waals surface area contributed by atoms with Gasteiger partial charge >= 0.3 is 11.8 Å². The Bertz CT molecular complexity index is 730. The molecule has 0 spiro atoms. The van der Waals surface area contributed by atoms with Gasteiger partial charge in [0.25, 0.3) is 0 Å². The monoisotopic (exact) mass is 343 g/mol. The van der Waals surface area contributed by atoms with Crippen LogP contribution in [0.1, 0.15) is 23.0 Å². The number of benzene rings is 1. The van der Waals surface area contributed by atoms with Crippen molar-refractivity contribution >= 4 is 35.0 Å². The number of nitro groups is 1. The van der Waals surface area contributed by atoms with Crippen LogP contribution < -0.4 is 0 Å². The van der Waals surface area contributed by atoms with Gasteiger partial charge in [0.05, 0.1) is 34.4 Å². The van der Waals surface area contributed by atoms with Crippen molar-refractivity contribution in [3.63, 3.8) is 0 Å². The van der Waals surface area contributed by atoms with E-state index in [1.807, 2.05) is 0 Å². The summed E-state index contributed by atoms with van der Waals surface area (Å²) in [6.07, 6.45) is 0. The number of halogens is 2. The van der Waals surface area contributed by atoms with E-state index in [9.17, 15) is 14.9 Å². The molecule has 1 aromatic carbocycles. The summed E-state index contributed by atoms with van der Waals surface area (Å²) in [4.78, 5) is 22.0. The van der Waals surface area contributed by atoms with Crippen LogP contribution in [0.2, 0.25) is 10.0 Å². The number of carbonyl (C=O) groups is 1. The zero-order valence-electron chi connectivity index (χ0n) is 11.5. The van der Waals surface area contributed by atoms with E-state index in [0.717, 1.165) is 6.07 Å². The normalized spacial score (nSPS) is 10.5. The van der Waals surface area contributed by atoms with E-state index in [2.05, 4.69) is 5.10 Å². The van der Waals surface area contributed by atoms with Gasteiger partial charge in [-0.2, -0.15) is 4.68 Å². The largest absolute Gasteiger partial charge is 0.461 e. The Morgan fingerprint density at radius 2 is 2.09 bits per heavy atom. The molecule has 2 rings (SSSR count). The third-order valence-electron chi connectivity index (χ3n) is 2.76. The Balaban J connectivity index is 2.37. The second-order valence-corrected chi connectivity index (χ2v) is 5.09. The molecule has 0 aliphatic carbocycles. The molecule has 1 aromatic heterocycles. The Kier molecular flexibility index (Phi) is 4.99. The Hall–Kier alpha value is -2.12. The van der Waals surface area contributed by atoms with Crippen molar-refractivity contribution in [3.8, 4) is 0 Å². The number of esters is 1. The van der Waals surface area contributed by atoms with Gasteiger partial charge < -0.3 is 14.9 Å². The zero-order chi connectivity index (χ0) is 16.3. The first-order valence-corrected chi connectivity index (χ1v) is 7.01. The molecule has 0 fully saturated rings. The van der Waals surface area contributed by atoms with Crippen LogP contribution in [0.5, 0.6) is 0 Å². The summed E-state index contributed by atoms with van der Waals surface area (Å²) in [5, 5.41) is 15.4. The highest BCUT2D eigenvalue weighted by Gasteiger charge is 2.24. The number of hydrogen-bond acceptors (Lipinski definition) is 5. The molecule has 0 saturated heterocycles. The lowest BCUT2D eigenvalue weighted by atomic mass is 10.2. The third-order valence-corrected chi connectivity index (χ3v) is 3.49. The highest BCUT2D eigenvalue weighted by Crippen LogP contribution is 2.23. The Morgan fingerprint density at radius 3 is 2.68 bits per heavy atom. The lowest BCUT2D eigenvalue weighted by molar-refractivity contribution is -0.389. The molecule has 2 aromatic rings. The van der Waals surface area contributed by atoms with Crippen molar-refractivity contribution in [1.29, 1.82) is 0 Å². The fourth-order valence-corrected chi connectivity index (χ4v) is 2.11. The molecule has 0 amide bonds. The second-order valence-electron chi connectivity index (χ2n) is 4.27. The number of nitrogens with zero attached hydrogens (tertiary/aromatic N) is 3. The van der Waals surface area contributed by atoms with Gasteiger partial charge in [0, 0.05) is 0 Å². The average molecular weight is 344 g/mol. The molecule has 0 radical (unpaired) electrons. The summed E-state index contributed by atoms with van der Waals surface area (Å²) in [5.41, 5.74) is 0.692. The van der Waals surface area contributed by atoms with Crippen LogP contribution in [-0.2, 0) is 11.3 Å². The summed E-state index contributed by atoms with van der Waals surface area (Å²) in [6.45, 7) is 1.93. The van der Waals surface area contributed by atoms with Gasteiger partial charge in [-0.1, -0.05) is 29.3 Å². The molecule has 0 bridgehead atoms. The van der Waals surface area contributed by atoms with Crippen LogP contribution >= 0.6 is 23.2 Å². The van der Waals surface area contributed by atoms with Crippen LogP contribution in [0, 0.1) is 10.1 Å². The second kappa shape index (κ2) is 6.76. The van der Waals surface area contributed by atoms with Crippen molar-refractivity contribution in [2.45, 2.75) is 13.5 Å². The minimum Gasteiger partial charge on any atom is -0.461 e. The van der Waals surface area contributed by atoms with Crippen LogP contribution in [0.4, 0.5) is 5.82 Å². The van der Waals surface area contributed by atoms with Gasteiger partial charge in [-0.25, -0.2) is 4.79 Å². The highest BCUT2D eigenvalue weighted by molar-refractivity contribution is 6.42. The minimum atomic E-state index is -0.678. The zero-order valence-corrected chi connectivity index (χ0v) is 13.0. The van der Waals surface area contributed by atoms with E-state index >= 15 is 0 Å². The summed E-state index contributed by atoms with van der Waals surface area (Å²) < 4.78 is 6.08. The van der Waals surface area contributed by atoms with Gasteiger partial charge in [-0.15, -0.1) is 0 Å². The summed E-state index contributed by atoms with van der Waals surface area (Å²) >= 11 is 11.8. The molecule has 1 heterocycles. The predicted molar refractivity (Wildman–Crippen MR) is 80.4 cm³/mol. The molecule has 7 nitrogen and oxygen atoms in total. The average Bonchev–Trinajstić information content (AvgIpc) is 2.87. The van der Waals surface area contributed by atoms with Gasteiger partial charge in [-0.05, 0) is 29.5 Å². The fraction of sp³-hybridized carbons (Fsp3) is 0.231. The van der Waals surface area contributed by atoms with Crippen LogP contribution in [-0.4, -0.2) is 27.3 Å². The topological polar surface area (TPSA) is 87.3 Å². The standard InChI is InChI=1S/C13H11Cl2N3O4/c1-2-22-13(19)11-6-12(18(20)21)16-17(11)7-8-3-4-9(14)10(15)5-8/h3-6H,2,7H2,1H3. The number of carbonyl (C=O) groups excluding carboxylic acids is 1. The first-order chi connectivity index (χ1) is 10.4. The molecular weight excluding hydrogens is 333 g/mol. The molecule has 116 valence electrons. The van der Waals surface area contributed by atoms with Crippen LogP contribution in [0.25, 0.3) is 0 Å². The SMILES string of the molecule is CCOC(=O)c1cc([N+](=O)[O-])nn1Cc1ccc(Cl)c(Cl)c1.